The molecule has 0 spiro atoms. The quantitative estimate of drug-likeness (QED) is 0.709. The number of nitrogens with two attached hydrogens (primary N) is 1. The molecule has 3 heteroatoms. The van der Waals surface area contributed by atoms with Gasteiger partial charge in [-0.3, -0.25) is 0 Å². The molecular formula is C19H22N2O. The van der Waals surface area contributed by atoms with E-state index in [1.165, 1.54) is 5.56 Å². The molecule has 0 bridgehead atoms. The van der Waals surface area contributed by atoms with E-state index in [0.29, 0.717) is 12.6 Å². The van der Waals surface area contributed by atoms with Gasteiger partial charge in [0.05, 0.1) is 11.2 Å². The van der Waals surface area contributed by atoms with Crippen LogP contribution in [0.15, 0.2) is 48.5 Å². The van der Waals surface area contributed by atoms with Crippen LogP contribution in [-0.4, -0.2) is 4.57 Å². The van der Waals surface area contributed by atoms with Gasteiger partial charge in [-0.2, -0.15) is 0 Å². The normalized spacial score (nSPS) is 11.3. The Morgan fingerprint density at radius 3 is 2.59 bits per heavy atom. The second-order valence-electron chi connectivity index (χ2n) is 5.98. The number of benzene rings is 2. The lowest BCUT2D eigenvalue weighted by Crippen LogP contribution is -2.08. The van der Waals surface area contributed by atoms with Gasteiger partial charge in [-0.05, 0) is 56.7 Å². The maximum atomic E-state index is 6.11. The van der Waals surface area contributed by atoms with E-state index in [0.717, 1.165) is 28.0 Å². The lowest BCUT2D eigenvalue weighted by molar-refractivity contribution is 0.293. The smallest absolute Gasteiger partial charge is 0.128 e. The summed E-state index contributed by atoms with van der Waals surface area (Å²) in [5.74, 6) is 0.897. The summed E-state index contributed by atoms with van der Waals surface area (Å²) in [5, 5.41) is 1.10. The first-order chi connectivity index (χ1) is 10.6. The number of ether oxygens (including phenoxy) is 1. The van der Waals surface area contributed by atoms with Crippen LogP contribution in [0.3, 0.4) is 0 Å². The van der Waals surface area contributed by atoms with E-state index in [4.69, 9.17) is 10.5 Å². The van der Waals surface area contributed by atoms with Gasteiger partial charge in [0.15, 0.2) is 0 Å². The Hall–Kier alpha value is -2.42. The Balaban J connectivity index is 1.96. The molecule has 0 atom stereocenters. The van der Waals surface area contributed by atoms with Gasteiger partial charge in [-0.25, -0.2) is 0 Å². The van der Waals surface area contributed by atoms with Gasteiger partial charge in [0.2, 0.25) is 0 Å². The minimum absolute atomic E-state index is 0.357. The topological polar surface area (TPSA) is 40.2 Å². The van der Waals surface area contributed by atoms with E-state index in [-0.39, 0.29) is 0 Å². The van der Waals surface area contributed by atoms with Crippen LogP contribution >= 0.6 is 0 Å². The first-order valence-corrected chi connectivity index (χ1v) is 7.64. The molecule has 2 N–H and O–H groups in total. The van der Waals surface area contributed by atoms with Crippen molar-refractivity contribution in [2.75, 3.05) is 5.73 Å². The second-order valence-corrected chi connectivity index (χ2v) is 5.98. The molecule has 3 rings (SSSR count). The summed E-state index contributed by atoms with van der Waals surface area (Å²) in [4.78, 5) is 0. The maximum absolute atomic E-state index is 6.11. The van der Waals surface area contributed by atoms with Gasteiger partial charge < -0.3 is 15.0 Å². The van der Waals surface area contributed by atoms with Crippen LogP contribution in [0, 0.1) is 6.92 Å². The second kappa shape index (κ2) is 5.76. The van der Waals surface area contributed by atoms with Crippen LogP contribution in [0.5, 0.6) is 5.75 Å². The molecule has 1 heterocycles. The molecule has 22 heavy (non-hydrogen) atoms. The molecule has 3 nitrogen and oxygen atoms in total. The number of aromatic nitrogens is 1. The third kappa shape index (κ3) is 2.67. The van der Waals surface area contributed by atoms with E-state index < -0.39 is 0 Å². The van der Waals surface area contributed by atoms with Crippen molar-refractivity contribution < 1.29 is 4.74 Å². The zero-order valence-electron chi connectivity index (χ0n) is 13.3. The number of nitrogen functional groups attached to an aromatic ring is 1. The van der Waals surface area contributed by atoms with E-state index in [1.807, 2.05) is 24.3 Å². The zero-order chi connectivity index (χ0) is 15.7. The highest BCUT2D eigenvalue weighted by molar-refractivity contribution is 5.92. The number of rotatable bonds is 4. The Labute approximate surface area is 131 Å². The number of hydrogen-bond donors (Lipinski definition) is 1. The molecule has 0 amide bonds. The molecule has 0 saturated carbocycles. The van der Waals surface area contributed by atoms with Gasteiger partial charge in [0.25, 0.3) is 0 Å². The van der Waals surface area contributed by atoms with Gasteiger partial charge in [-0.15, -0.1) is 0 Å². The highest BCUT2D eigenvalue weighted by Crippen LogP contribution is 2.29. The summed E-state index contributed by atoms with van der Waals surface area (Å²) >= 11 is 0. The van der Waals surface area contributed by atoms with E-state index in [2.05, 4.69) is 49.6 Å². The average molecular weight is 294 g/mol. The van der Waals surface area contributed by atoms with Crippen molar-refractivity contribution in [3.8, 4) is 5.75 Å². The lowest BCUT2D eigenvalue weighted by Gasteiger charge is -2.15. The monoisotopic (exact) mass is 294 g/mol. The maximum Gasteiger partial charge on any atom is 0.128 e. The average Bonchev–Trinajstić information content (AvgIpc) is 2.85. The first-order valence-electron chi connectivity index (χ1n) is 7.64. The highest BCUT2D eigenvalue weighted by Gasteiger charge is 2.13. The summed E-state index contributed by atoms with van der Waals surface area (Å²) in [6.07, 6.45) is 0. The number of aryl methyl sites for hydroxylation is 1. The van der Waals surface area contributed by atoms with Crippen LogP contribution in [0.4, 0.5) is 5.69 Å². The Morgan fingerprint density at radius 2 is 1.86 bits per heavy atom. The molecule has 0 radical (unpaired) electrons. The summed E-state index contributed by atoms with van der Waals surface area (Å²) < 4.78 is 8.26. The van der Waals surface area contributed by atoms with Crippen molar-refractivity contribution in [2.45, 2.75) is 33.4 Å². The van der Waals surface area contributed by atoms with E-state index in [1.54, 1.807) is 0 Å². The van der Waals surface area contributed by atoms with Crippen molar-refractivity contribution in [1.29, 1.82) is 0 Å². The fraction of sp³-hybridized carbons (Fsp3) is 0.263. The van der Waals surface area contributed by atoms with Crippen LogP contribution in [-0.2, 0) is 6.61 Å². The predicted molar refractivity (Wildman–Crippen MR) is 92.2 cm³/mol. The Morgan fingerprint density at radius 1 is 1.09 bits per heavy atom. The molecule has 0 aliphatic heterocycles. The largest absolute Gasteiger partial charge is 0.487 e. The summed E-state index contributed by atoms with van der Waals surface area (Å²) in [5.41, 5.74) is 10.4. The number of nitrogens with zero attached hydrogens (tertiary/aromatic N) is 1. The van der Waals surface area contributed by atoms with Crippen molar-refractivity contribution in [3.63, 3.8) is 0 Å². The highest BCUT2D eigenvalue weighted by atomic mass is 16.5. The van der Waals surface area contributed by atoms with Gasteiger partial charge in [0.1, 0.15) is 12.4 Å². The molecule has 0 fully saturated rings. The van der Waals surface area contributed by atoms with Gasteiger partial charge in [-0.1, -0.05) is 18.2 Å². The summed E-state index contributed by atoms with van der Waals surface area (Å²) in [7, 11) is 0. The number of anilines is 1. The van der Waals surface area contributed by atoms with Gasteiger partial charge in [0, 0.05) is 17.1 Å². The Kier molecular flexibility index (Phi) is 3.80. The standard InChI is InChI=1S/C19H22N2O/c1-13(2)21-15(11-17-18(20)8-5-9-19(17)21)12-22-16-7-4-6-14(3)10-16/h4-11,13H,12,20H2,1-3H3. The molecular weight excluding hydrogens is 272 g/mol. The Bertz CT molecular complexity index is 802. The molecule has 2 aromatic carbocycles. The van der Waals surface area contributed by atoms with Crippen molar-refractivity contribution >= 4 is 16.6 Å². The predicted octanol–water partition coefficient (Wildman–Crippen LogP) is 4.69. The van der Waals surface area contributed by atoms with Crippen LogP contribution < -0.4 is 10.5 Å². The van der Waals surface area contributed by atoms with Crippen molar-refractivity contribution in [2.24, 2.45) is 0 Å². The van der Waals surface area contributed by atoms with Crippen LogP contribution in [0.2, 0.25) is 0 Å². The lowest BCUT2D eigenvalue weighted by atomic mass is 10.2. The van der Waals surface area contributed by atoms with Gasteiger partial charge >= 0.3 is 0 Å². The van der Waals surface area contributed by atoms with Crippen LogP contribution in [0.1, 0.15) is 31.1 Å². The fourth-order valence-corrected chi connectivity index (χ4v) is 2.91. The molecule has 0 saturated heterocycles. The zero-order valence-corrected chi connectivity index (χ0v) is 13.3. The molecule has 0 aliphatic rings. The summed E-state index contributed by atoms with van der Waals surface area (Å²) in [6, 6.07) is 16.7. The minimum Gasteiger partial charge on any atom is -0.487 e. The summed E-state index contributed by atoms with van der Waals surface area (Å²) in [6.45, 7) is 6.96. The minimum atomic E-state index is 0.357. The van der Waals surface area contributed by atoms with E-state index in [9.17, 15) is 0 Å². The van der Waals surface area contributed by atoms with Crippen LogP contribution in [0.25, 0.3) is 10.9 Å². The van der Waals surface area contributed by atoms with Crippen molar-refractivity contribution in [1.82, 2.24) is 4.57 Å². The third-order valence-corrected chi connectivity index (χ3v) is 3.89. The number of fused-ring (bicyclic) bond motifs is 1. The first kappa shape index (κ1) is 14.5. The molecule has 114 valence electrons. The van der Waals surface area contributed by atoms with Crippen molar-refractivity contribution in [3.05, 3.63) is 59.8 Å². The molecule has 0 unspecified atom stereocenters. The molecule has 3 aromatic rings. The molecule has 1 aromatic heterocycles. The SMILES string of the molecule is Cc1cccc(OCc2cc3c(N)cccc3n2C(C)C)c1. The third-order valence-electron chi connectivity index (χ3n) is 3.89. The van der Waals surface area contributed by atoms with E-state index >= 15 is 0 Å². The molecule has 0 aliphatic carbocycles. The fourth-order valence-electron chi connectivity index (χ4n) is 2.91. The number of hydrogen-bond acceptors (Lipinski definition) is 2.